The number of fused-ring (bicyclic) bond motifs is 3. The lowest BCUT2D eigenvalue weighted by Gasteiger charge is -2.35. The molecule has 9 heteroatoms. The highest BCUT2D eigenvalue weighted by Gasteiger charge is 2.28. The largest absolute Gasteiger partial charge is 0.391 e. The highest BCUT2D eigenvalue weighted by atomic mass is 79.9. The van der Waals surface area contributed by atoms with Gasteiger partial charge >= 0.3 is 0 Å². The number of rotatable bonds is 7. The van der Waals surface area contributed by atoms with Gasteiger partial charge in [0.1, 0.15) is 0 Å². The van der Waals surface area contributed by atoms with Crippen molar-refractivity contribution in [2.24, 2.45) is 0 Å². The molecule has 1 aliphatic rings. The highest BCUT2D eigenvalue weighted by molar-refractivity contribution is 9.10. The maximum absolute atomic E-state index is 12.8. The zero-order chi connectivity index (χ0) is 24.6. The van der Waals surface area contributed by atoms with Gasteiger partial charge in [-0.3, -0.25) is 4.90 Å². The first-order chi connectivity index (χ1) is 16.8. The third-order valence-electron chi connectivity index (χ3n) is 6.56. The average Bonchev–Trinajstić information content (AvgIpc) is 3.17. The standard InChI is InChI=1S/C26H27Br2N3O3S/c27-20-6-7-25-23(14-20)24-15-21(28)12-19(26(24)29-25)13-22(32)16-30-8-10-31(11-9-30)35(33,34)17-18-4-2-1-3-5-18/h1-7,12,14-15,22,29,32H,8-11,13,16-17H2. The van der Waals surface area contributed by atoms with Crippen LogP contribution in [0.4, 0.5) is 0 Å². The number of sulfonamides is 1. The normalized spacial score (nSPS) is 16.8. The molecule has 4 aromatic rings. The van der Waals surface area contributed by atoms with Gasteiger partial charge in [0.05, 0.1) is 11.9 Å². The van der Waals surface area contributed by atoms with Gasteiger partial charge in [-0.25, -0.2) is 8.42 Å². The van der Waals surface area contributed by atoms with Gasteiger partial charge in [0.25, 0.3) is 0 Å². The fraction of sp³-hybridized carbons (Fsp3) is 0.308. The van der Waals surface area contributed by atoms with Crippen molar-refractivity contribution in [3.8, 4) is 0 Å². The number of nitrogens with one attached hydrogen (secondary N) is 1. The molecule has 0 saturated carbocycles. The van der Waals surface area contributed by atoms with E-state index in [1.54, 1.807) is 4.31 Å². The van der Waals surface area contributed by atoms with Crippen LogP contribution in [0.3, 0.4) is 0 Å². The van der Waals surface area contributed by atoms with E-state index in [0.717, 1.165) is 41.9 Å². The zero-order valence-corrected chi connectivity index (χ0v) is 23.1. The SMILES string of the molecule is O=S(=O)(Cc1ccccc1)N1CCN(CC(O)Cc2cc(Br)cc3c2[nH]c2ccc(Br)cc23)CC1. The Morgan fingerprint density at radius 3 is 2.37 bits per heavy atom. The van der Waals surface area contributed by atoms with E-state index in [1.165, 1.54) is 0 Å². The molecule has 1 unspecified atom stereocenters. The molecule has 0 spiro atoms. The molecule has 0 bridgehead atoms. The number of aliphatic hydroxyl groups is 1. The topological polar surface area (TPSA) is 76.6 Å². The van der Waals surface area contributed by atoms with E-state index in [1.807, 2.05) is 36.4 Å². The van der Waals surface area contributed by atoms with Gasteiger partial charge in [0.2, 0.25) is 10.0 Å². The van der Waals surface area contributed by atoms with Crippen molar-refractivity contribution in [1.29, 1.82) is 0 Å². The summed E-state index contributed by atoms with van der Waals surface area (Å²) in [5, 5.41) is 13.2. The summed E-state index contributed by atoms with van der Waals surface area (Å²) in [7, 11) is -3.35. The Hall–Kier alpha value is -1.75. The first-order valence-electron chi connectivity index (χ1n) is 11.6. The van der Waals surface area contributed by atoms with Crippen LogP contribution in [0.15, 0.2) is 69.6 Å². The van der Waals surface area contributed by atoms with E-state index < -0.39 is 16.1 Å². The lowest BCUT2D eigenvalue weighted by atomic mass is 10.0. The number of hydrogen-bond acceptors (Lipinski definition) is 4. The van der Waals surface area contributed by atoms with Crippen LogP contribution in [-0.2, 0) is 22.2 Å². The summed E-state index contributed by atoms with van der Waals surface area (Å²) in [5.74, 6) is 0.0242. The van der Waals surface area contributed by atoms with Gasteiger partial charge in [0, 0.05) is 69.9 Å². The molecule has 0 amide bonds. The summed E-state index contributed by atoms with van der Waals surface area (Å²) in [6, 6.07) is 19.6. The molecule has 2 N–H and O–H groups in total. The number of halogens is 2. The van der Waals surface area contributed by atoms with Gasteiger partial charge in [-0.2, -0.15) is 4.31 Å². The van der Waals surface area contributed by atoms with E-state index in [-0.39, 0.29) is 5.75 Å². The van der Waals surface area contributed by atoms with Gasteiger partial charge in [-0.15, -0.1) is 0 Å². The minimum Gasteiger partial charge on any atom is -0.391 e. The van der Waals surface area contributed by atoms with Crippen LogP contribution in [-0.4, -0.2) is 66.5 Å². The molecule has 5 rings (SSSR count). The number of H-pyrrole nitrogens is 1. The van der Waals surface area contributed by atoms with E-state index in [4.69, 9.17) is 0 Å². The Kier molecular flexibility index (Phi) is 7.35. The predicted octanol–water partition coefficient (Wildman–Crippen LogP) is 4.90. The molecule has 3 aromatic carbocycles. The zero-order valence-electron chi connectivity index (χ0n) is 19.1. The Balaban J connectivity index is 1.23. The van der Waals surface area contributed by atoms with Crippen LogP contribution < -0.4 is 0 Å². The predicted molar refractivity (Wildman–Crippen MR) is 148 cm³/mol. The first-order valence-corrected chi connectivity index (χ1v) is 14.8. The van der Waals surface area contributed by atoms with E-state index in [0.29, 0.717) is 39.1 Å². The summed E-state index contributed by atoms with van der Waals surface area (Å²) in [4.78, 5) is 5.66. The van der Waals surface area contributed by atoms with Crippen molar-refractivity contribution in [2.75, 3.05) is 32.7 Å². The Morgan fingerprint density at radius 1 is 0.914 bits per heavy atom. The molecule has 2 heterocycles. The number of benzene rings is 3. The average molecular weight is 621 g/mol. The number of piperazine rings is 1. The number of aromatic amines is 1. The number of aliphatic hydroxyl groups excluding tert-OH is 1. The van der Waals surface area contributed by atoms with Gasteiger partial charge in [-0.05, 0) is 41.5 Å². The summed E-state index contributed by atoms with van der Waals surface area (Å²) in [5.41, 5.74) is 3.95. The molecule has 6 nitrogen and oxygen atoms in total. The maximum atomic E-state index is 12.8. The highest BCUT2D eigenvalue weighted by Crippen LogP contribution is 2.33. The molecule has 1 aliphatic heterocycles. The fourth-order valence-corrected chi connectivity index (χ4v) is 7.23. The third-order valence-corrected chi connectivity index (χ3v) is 9.36. The van der Waals surface area contributed by atoms with Crippen LogP contribution in [0.5, 0.6) is 0 Å². The Bertz CT molecular complexity index is 1450. The number of nitrogens with zero attached hydrogens (tertiary/aromatic N) is 2. The molecule has 35 heavy (non-hydrogen) atoms. The second-order valence-electron chi connectivity index (χ2n) is 9.10. The van der Waals surface area contributed by atoms with Gasteiger partial charge in [0.15, 0.2) is 0 Å². The van der Waals surface area contributed by atoms with Crippen molar-refractivity contribution in [3.05, 3.63) is 80.7 Å². The van der Waals surface area contributed by atoms with Crippen LogP contribution >= 0.6 is 31.9 Å². The maximum Gasteiger partial charge on any atom is 0.218 e. The van der Waals surface area contributed by atoms with Crippen LogP contribution in [0, 0.1) is 0 Å². The summed E-state index contributed by atoms with van der Waals surface area (Å²) < 4.78 is 29.2. The second-order valence-corrected chi connectivity index (χ2v) is 12.9. The molecule has 0 aliphatic carbocycles. The smallest absolute Gasteiger partial charge is 0.218 e. The van der Waals surface area contributed by atoms with Crippen molar-refractivity contribution >= 4 is 63.7 Å². The van der Waals surface area contributed by atoms with Crippen molar-refractivity contribution in [2.45, 2.75) is 18.3 Å². The van der Waals surface area contributed by atoms with Gasteiger partial charge < -0.3 is 10.1 Å². The first kappa shape index (κ1) is 24.9. The Labute approximate surface area is 222 Å². The van der Waals surface area contributed by atoms with Crippen molar-refractivity contribution in [1.82, 2.24) is 14.2 Å². The van der Waals surface area contributed by atoms with Crippen molar-refractivity contribution in [3.63, 3.8) is 0 Å². The number of β-amino-alcohol motifs (C(OH)–C–C–N with tert-alkyl or cyclic N) is 1. The van der Waals surface area contributed by atoms with E-state index in [2.05, 4.69) is 66.0 Å². The lowest BCUT2D eigenvalue weighted by molar-refractivity contribution is 0.0923. The molecule has 1 fully saturated rings. The fourth-order valence-electron chi connectivity index (χ4n) is 4.85. The quantitative estimate of drug-likeness (QED) is 0.308. The van der Waals surface area contributed by atoms with Gasteiger partial charge in [-0.1, -0.05) is 62.2 Å². The molecule has 1 atom stereocenters. The van der Waals surface area contributed by atoms with Crippen LogP contribution in [0.1, 0.15) is 11.1 Å². The van der Waals surface area contributed by atoms with E-state index >= 15 is 0 Å². The van der Waals surface area contributed by atoms with E-state index in [9.17, 15) is 13.5 Å². The lowest BCUT2D eigenvalue weighted by Crippen LogP contribution is -2.50. The number of aromatic nitrogens is 1. The molecule has 1 aromatic heterocycles. The molecular formula is C26H27Br2N3O3S. The molecule has 184 valence electrons. The second kappa shape index (κ2) is 10.3. The summed E-state index contributed by atoms with van der Waals surface area (Å²) in [6.07, 6.45) is -0.0469. The minimum atomic E-state index is -3.35. The Morgan fingerprint density at radius 2 is 1.63 bits per heavy atom. The monoisotopic (exact) mass is 619 g/mol. The van der Waals surface area contributed by atoms with Crippen LogP contribution in [0.2, 0.25) is 0 Å². The minimum absolute atomic E-state index is 0.0242. The summed E-state index contributed by atoms with van der Waals surface area (Å²) in [6.45, 7) is 2.62. The van der Waals surface area contributed by atoms with Crippen molar-refractivity contribution < 1.29 is 13.5 Å². The molecule has 1 saturated heterocycles. The third kappa shape index (κ3) is 5.65. The molecular weight excluding hydrogens is 594 g/mol. The van der Waals surface area contributed by atoms with Crippen LogP contribution in [0.25, 0.3) is 21.8 Å². The molecule has 0 radical (unpaired) electrons. The summed E-state index contributed by atoms with van der Waals surface area (Å²) >= 11 is 7.19. The number of hydrogen-bond donors (Lipinski definition) is 2.